The molecular weight excluding hydrogens is 304 g/mol. The van der Waals surface area contributed by atoms with Crippen molar-refractivity contribution >= 4 is 27.3 Å². The highest BCUT2D eigenvalue weighted by molar-refractivity contribution is 7.91. The smallest absolute Gasteiger partial charge is 0.358 e. The highest BCUT2D eigenvalue weighted by Crippen LogP contribution is 2.21. The van der Waals surface area contributed by atoms with E-state index in [1.807, 2.05) is 0 Å². The van der Waals surface area contributed by atoms with Crippen molar-refractivity contribution in [1.82, 2.24) is 9.71 Å². The lowest BCUT2D eigenvalue weighted by Gasteiger charge is -2.14. The maximum Gasteiger partial charge on any atom is 0.358 e. The minimum absolute atomic E-state index is 0.448. The van der Waals surface area contributed by atoms with Crippen LogP contribution in [0, 0.1) is 0 Å². The fourth-order valence-corrected chi connectivity index (χ4v) is 3.23. The molecule has 0 bridgehead atoms. The summed E-state index contributed by atoms with van der Waals surface area (Å²) >= 11 is 0.620. The van der Waals surface area contributed by atoms with Gasteiger partial charge in [0.25, 0.3) is 15.9 Å². The third-order valence-corrected chi connectivity index (χ3v) is 4.75. The predicted octanol–water partition coefficient (Wildman–Crippen LogP) is -0.198. The molecule has 0 saturated carbocycles. The number of aromatic nitrogens is 1. The molecule has 0 aliphatic rings. The van der Waals surface area contributed by atoms with Gasteiger partial charge in [-0.05, 0) is 0 Å². The molecule has 0 atom stereocenters. The van der Waals surface area contributed by atoms with Gasteiger partial charge in [-0.3, -0.25) is 0 Å². The molecule has 0 unspecified atom stereocenters. The molecule has 3 N–H and O–H groups in total. The molecule has 0 aliphatic carbocycles. The molecule has 0 saturated heterocycles. The Bertz CT molecular complexity index is 558. The van der Waals surface area contributed by atoms with Gasteiger partial charge >= 0.3 is 5.97 Å². The Balaban J connectivity index is 2.96. The number of nitrogens with two attached hydrogens (primary N) is 1. The summed E-state index contributed by atoms with van der Waals surface area (Å²) in [6.07, 6.45) is 0. The fourth-order valence-electron chi connectivity index (χ4n) is 0.997. The Morgan fingerprint density at radius 1 is 1.63 bits per heavy atom. The first-order chi connectivity index (χ1) is 8.73. The number of alkyl halides is 2. The normalized spacial score (nSPS) is 12.4. The van der Waals surface area contributed by atoms with E-state index < -0.39 is 44.9 Å². The molecule has 1 heterocycles. The number of thiazole rings is 1. The summed E-state index contributed by atoms with van der Waals surface area (Å²) in [5, 5.41) is 0. The summed E-state index contributed by atoms with van der Waals surface area (Å²) in [7, 11) is -3.23. The van der Waals surface area contributed by atoms with Crippen molar-refractivity contribution in [3.63, 3.8) is 0 Å². The third-order valence-electron chi connectivity index (χ3n) is 1.98. The summed E-state index contributed by atoms with van der Waals surface area (Å²) < 4.78 is 54.9. The minimum atomic E-state index is -4.28. The standard InChI is InChI=1S/C8H11F2N3O4S2/c1-17-6(14)5-7(18-4-12-5)19(15,16)13-3-8(9,10)2-11/h4,13H,2-3,11H2,1H3. The monoisotopic (exact) mass is 315 g/mol. The lowest BCUT2D eigenvalue weighted by Crippen LogP contribution is -2.41. The van der Waals surface area contributed by atoms with Crippen LogP contribution in [0.15, 0.2) is 9.72 Å². The van der Waals surface area contributed by atoms with E-state index in [-0.39, 0.29) is 0 Å². The topological polar surface area (TPSA) is 111 Å². The van der Waals surface area contributed by atoms with E-state index in [2.05, 4.69) is 9.72 Å². The van der Waals surface area contributed by atoms with Gasteiger partial charge in [-0.25, -0.2) is 31.7 Å². The van der Waals surface area contributed by atoms with Gasteiger partial charge in [-0.15, -0.1) is 11.3 Å². The van der Waals surface area contributed by atoms with Crippen molar-refractivity contribution in [1.29, 1.82) is 0 Å². The zero-order valence-corrected chi connectivity index (χ0v) is 11.4. The lowest BCUT2D eigenvalue weighted by molar-refractivity contribution is 0.0170. The van der Waals surface area contributed by atoms with Crippen molar-refractivity contribution in [2.75, 3.05) is 20.2 Å². The average molecular weight is 315 g/mol. The van der Waals surface area contributed by atoms with Crippen LogP contribution in [-0.2, 0) is 14.8 Å². The zero-order valence-electron chi connectivity index (χ0n) is 9.72. The number of rotatable bonds is 6. The van der Waals surface area contributed by atoms with Gasteiger partial charge < -0.3 is 10.5 Å². The summed E-state index contributed by atoms with van der Waals surface area (Å²) in [5.41, 5.74) is 5.44. The number of nitrogens with one attached hydrogen (secondary N) is 1. The van der Waals surface area contributed by atoms with Gasteiger partial charge in [0.15, 0.2) is 9.90 Å². The highest BCUT2D eigenvalue weighted by Gasteiger charge is 2.32. The maximum absolute atomic E-state index is 12.9. The summed E-state index contributed by atoms with van der Waals surface area (Å²) in [6, 6.07) is 0. The second kappa shape index (κ2) is 5.86. The number of carbonyl (C=O) groups excluding carboxylic acids is 1. The van der Waals surface area contributed by atoms with E-state index in [1.165, 1.54) is 0 Å². The van der Waals surface area contributed by atoms with Gasteiger partial charge in [-0.1, -0.05) is 0 Å². The number of methoxy groups -OCH3 is 1. The molecule has 11 heteroatoms. The van der Waals surface area contributed by atoms with Crippen molar-refractivity contribution < 1.29 is 26.7 Å². The number of sulfonamides is 1. The predicted molar refractivity (Wildman–Crippen MR) is 62.6 cm³/mol. The Hall–Kier alpha value is -1.17. The SMILES string of the molecule is COC(=O)c1ncsc1S(=O)(=O)NCC(F)(F)CN. The number of esters is 1. The Kier molecular flexibility index (Phi) is 4.90. The van der Waals surface area contributed by atoms with E-state index in [4.69, 9.17) is 5.73 Å². The van der Waals surface area contributed by atoms with Gasteiger partial charge in [0.05, 0.1) is 25.7 Å². The van der Waals surface area contributed by atoms with Crippen LogP contribution in [0.3, 0.4) is 0 Å². The Morgan fingerprint density at radius 3 is 2.79 bits per heavy atom. The number of halogens is 2. The Labute approximate surface area is 111 Å². The largest absolute Gasteiger partial charge is 0.464 e. The quantitative estimate of drug-likeness (QED) is 0.703. The van der Waals surface area contributed by atoms with Crippen LogP contribution in [0.1, 0.15) is 10.5 Å². The van der Waals surface area contributed by atoms with Crippen molar-refractivity contribution in [2.45, 2.75) is 10.1 Å². The molecule has 0 fully saturated rings. The number of hydrogen-bond acceptors (Lipinski definition) is 7. The van der Waals surface area contributed by atoms with E-state index in [1.54, 1.807) is 4.72 Å². The number of ether oxygens (including phenoxy) is 1. The van der Waals surface area contributed by atoms with Crippen molar-refractivity contribution in [3.8, 4) is 0 Å². The number of nitrogens with zero attached hydrogens (tertiary/aromatic N) is 1. The van der Waals surface area contributed by atoms with E-state index in [0.717, 1.165) is 12.6 Å². The average Bonchev–Trinajstić information content (AvgIpc) is 2.86. The zero-order chi connectivity index (χ0) is 14.7. The van der Waals surface area contributed by atoms with Crippen LogP contribution in [0.25, 0.3) is 0 Å². The van der Waals surface area contributed by atoms with Crippen LogP contribution in [0.2, 0.25) is 0 Å². The molecule has 19 heavy (non-hydrogen) atoms. The molecule has 1 aromatic heterocycles. The number of carbonyl (C=O) groups is 1. The van der Waals surface area contributed by atoms with Crippen LogP contribution >= 0.6 is 11.3 Å². The van der Waals surface area contributed by atoms with E-state index >= 15 is 0 Å². The first kappa shape index (κ1) is 15.9. The molecule has 7 nitrogen and oxygen atoms in total. The molecule has 0 aliphatic heterocycles. The lowest BCUT2D eigenvalue weighted by atomic mass is 10.3. The van der Waals surface area contributed by atoms with Crippen LogP contribution in [0.4, 0.5) is 8.78 Å². The first-order valence-corrected chi connectivity index (χ1v) is 7.19. The van der Waals surface area contributed by atoms with Crippen LogP contribution < -0.4 is 10.5 Å². The minimum Gasteiger partial charge on any atom is -0.464 e. The van der Waals surface area contributed by atoms with Crippen molar-refractivity contribution in [2.24, 2.45) is 5.73 Å². The van der Waals surface area contributed by atoms with Crippen LogP contribution in [0.5, 0.6) is 0 Å². The molecule has 108 valence electrons. The molecule has 0 amide bonds. The second-order valence-electron chi connectivity index (χ2n) is 3.36. The van der Waals surface area contributed by atoms with Gasteiger partial charge in [0.1, 0.15) is 0 Å². The van der Waals surface area contributed by atoms with Gasteiger partial charge in [0.2, 0.25) is 0 Å². The van der Waals surface area contributed by atoms with Gasteiger partial charge in [0, 0.05) is 0 Å². The highest BCUT2D eigenvalue weighted by atomic mass is 32.2. The molecule has 0 spiro atoms. The van der Waals surface area contributed by atoms with Gasteiger partial charge in [-0.2, -0.15) is 0 Å². The summed E-state index contributed by atoms with van der Waals surface area (Å²) in [4.78, 5) is 14.8. The van der Waals surface area contributed by atoms with E-state index in [9.17, 15) is 22.0 Å². The first-order valence-electron chi connectivity index (χ1n) is 4.83. The molecule has 0 radical (unpaired) electrons. The molecular formula is C8H11F2N3O4S2. The summed E-state index contributed by atoms with van der Waals surface area (Å²) in [5.74, 6) is -4.34. The Morgan fingerprint density at radius 2 is 2.26 bits per heavy atom. The molecule has 0 aromatic carbocycles. The summed E-state index contributed by atoms with van der Waals surface area (Å²) in [6.45, 7) is -2.16. The molecule has 1 aromatic rings. The van der Waals surface area contributed by atoms with E-state index in [0.29, 0.717) is 11.3 Å². The number of hydrogen-bond donors (Lipinski definition) is 2. The second-order valence-corrected chi connectivity index (χ2v) is 6.18. The van der Waals surface area contributed by atoms with Crippen molar-refractivity contribution in [3.05, 3.63) is 11.2 Å². The fraction of sp³-hybridized carbons (Fsp3) is 0.500. The molecule has 1 rings (SSSR count). The maximum atomic E-state index is 12.9. The van der Waals surface area contributed by atoms with Crippen LogP contribution in [-0.4, -0.2) is 45.5 Å². The third kappa shape index (κ3) is 3.89.